The summed E-state index contributed by atoms with van der Waals surface area (Å²) in [6.07, 6.45) is 1.74. The highest BCUT2D eigenvalue weighted by molar-refractivity contribution is 7.89. The number of rotatable bonds is 6. The Bertz CT molecular complexity index is 655. The Balaban J connectivity index is 2.08. The van der Waals surface area contributed by atoms with Crippen LogP contribution in [0, 0.1) is 11.3 Å². The predicted molar refractivity (Wildman–Crippen MR) is 87.5 cm³/mol. The van der Waals surface area contributed by atoms with Crippen LogP contribution >= 0.6 is 0 Å². The van der Waals surface area contributed by atoms with Gasteiger partial charge in [0.25, 0.3) is 0 Å². The zero-order chi connectivity index (χ0) is 16.7. The quantitative estimate of drug-likeness (QED) is 0.731. The third-order valence-electron chi connectivity index (χ3n) is 4.00. The zero-order valence-electron chi connectivity index (χ0n) is 13.4. The van der Waals surface area contributed by atoms with E-state index in [1.54, 1.807) is 25.3 Å². The highest BCUT2D eigenvalue weighted by atomic mass is 32.2. The molecule has 1 aromatic carbocycles. The predicted octanol–water partition coefficient (Wildman–Crippen LogP) is 1.29. The van der Waals surface area contributed by atoms with Gasteiger partial charge in [-0.05, 0) is 31.5 Å². The SMILES string of the molecule is COCCCN1CCCN(S(=O)(=O)c2ccccc2C#N)CC1. The Hall–Kier alpha value is -1.46. The number of hydrogen-bond acceptors (Lipinski definition) is 5. The van der Waals surface area contributed by atoms with Gasteiger partial charge in [0.1, 0.15) is 6.07 Å². The first-order valence-electron chi connectivity index (χ1n) is 7.80. The van der Waals surface area contributed by atoms with Gasteiger partial charge in [-0.2, -0.15) is 9.57 Å². The van der Waals surface area contributed by atoms with Crippen LogP contribution in [-0.2, 0) is 14.8 Å². The molecule has 0 spiro atoms. The summed E-state index contributed by atoms with van der Waals surface area (Å²) in [5.41, 5.74) is 0.202. The Kier molecular flexibility index (Phi) is 6.54. The van der Waals surface area contributed by atoms with E-state index < -0.39 is 10.0 Å². The second kappa shape index (κ2) is 8.41. The maximum absolute atomic E-state index is 12.8. The van der Waals surface area contributed by atoms with Gasteiger partial charge in [0.15, 0.2) is 0 Å². The third-order valence-corrected chi connectivity index (χ3v) is 5.95. The third kappa shape index (κ3) is 4.52. The van der Waals surface area contributed by atoms with Crippen molar-refractivity contribution in [1.82, 2.24) is 9.21 Å². The van der Waals surface area contributed by atoms with Gasteiger partial charge < -0.3 is 9.64 Å². The zero-order valence-corrected chi connectivity index (χ0v) is 14.3. The molecule has 0 saturated carbocycles. The van der Waals surface area contributed by atoms with Gasteiger partial charge in [-0.3, -0.25) is 0 Å². The fourth-order valence-corrected chi connectivity index (χ4v) is 4.38. The lowest BCUT2D eigenvalue weighted by atomic mass is 10.2. The molecule has 0 aromatic heterocycles. The van der Waals surface area contributed by atoms with Gasteiger partial charge >= 0.3 is 0 Å². The molecule has 7 heteroatoms. The molecule has 1 aliphatic heterocycles. The van der Waals surface area contributed by atoms with Crippen LogP contribution in [0.5, 0.6) is 0 Å². The second-order valence-electron chi connectivity index (χ2n) is 5.55. The molecule has 0 N–H and O–H groups in total. The number of benzene rings is 1. The van der Waals surface area contributed by atoms with E-state index in [-0.39, 0.29) is 10.5 Å². The minimum absolute atomic E-state index is 0.107. The summed E-state index contributed by atoms with van der Waals surface area (Å²) in [7, 11) is -1.93. The Morgan fingerprint density at radius 1 is 1.22 bits per heavy atom. The van der Waals surface area contributed by atoms with E-state index in [0.29, 0.717) is 26.2 Å². The number of sulfonamides is 1. The van der Waals surface area contributed by atoms with E-state index in [1.807, 2.05) is 6.07 Å². The van der Waals surface area contributed by atoms with Crippen LogP contribution in [0.1, 0.15) is 18.4 Å². The van der Waals surface area contributed by atoms with E-state index >= 15 is 0 Å². The molecular formula is C16H23N3O3S. The number of methoxy groups -OCH3 is 1. The molecule has 0 radical (unpaired) electrons. The lowest BCUT2D eigenvalue weighted by Crippen LogP contribution is -2.35. The first-order chi connectivity index (χ1) is 11.1. The van der Waals surface area contributed by atoms with Gasteiger partial charge in [0, 0.05) is 39.9 Å². The molecular weight excluding hydrogens is 314 g/mol. The molecule has 23 heavy (non-hydrogen) atoms. The maximum Gasteiger partial charge on any atom is 0.244 e. The number of ether oxygens (including phenoxy) is 1. The second-order valence-corrected chi connectivity index (χ2v) is 7.46. The molecule has 126 valence electrons. The minimum Gasteiger partial charge on any atom is -0.385 e. The molecule has 2 rings (SSSR count). The van der Waals surface area contributed by atoms with Crippen LogP contribution in [0.3, 0.4) is 0 Å². The molecule has 0 atom stereocenters. The molecule has 1 heterocycles. The summed E-state index contributed by atoms with van der Waals surface area (Å²) in [6.45, 7) is 4.16. The van der Waals surface area contributed by atoms with Crippen LogP contribution in [0.4, 0.5) is 0 Å². The average Bonchev–Trinajstić information content (AvgIpc) is 2.81. The summed E-state index contributed by atoms with van der Waals surface area (Å²) in [4.78, 5) is 2.38. The molecule has 0 aliphatic carbocycles. The summed E-state index contributed by atoms with van der Waals surface area (Å²) >= 11 is 0. The number of nitriles is 1. The van der Waals surface area contributed by atoms with E-state index in [2.05, 4.69) is 4.90 Å². The summed E-state index contributed by atoms with van der Waals surface area (Å²) in [5.74, 6) is 0. The van der Waals surface area contributed by atoms with Crippen molar-refractivity contribution in [2.24, 2.45) is 0 Å². The molecule has 6 nitrogen and oxygen atoms in total. The Morgan fingerprint density at radius 3 is 2.74 bits per heavy atom. The minimum atomic E-state index is -3.62. The highest BCUT2D eigenvalue weighted by Gasteiger charge is 2.28. The standard InChI is InChI=1S/C16H23N3O3S/c1-22-13-5-9-18-8-4-10-19(12-11-18)23(20,21)16-7-3-2-6-15(16)14-17/h2-3,6-7H,4-5,8-13H2,1H3. The van der Waals surface area contributed by atoms with Gasteiger partial charge in [0.05, 0.1) is 10.5 Å². The van der Waals surface area contributed by atoms with Gasteiger partial charge in [0.2, 0.25) is 10.0 Å². The number of nitrogens with zero attached hydrogens (tertiary/aromatic N) is 3. The fraction of sp³-hybridized carbons (Fsp3) is 0.562. The van der Waals surface area contributed by atoms with E-state index in [1.165, 1.54) is 10.4 Å². The molecule has 1 fully saturated rings. The van der Waals surface area contributed by atoms with Crippen LogP contribution in [-0.4, -0.2) is 64.1 Å². The topological polar surface area (TPSA) is 73.6 Å². The van der Waals surface area contributed by atoms with Crippen LogP contribution in [0.15, 0.2) is 29.2 Å². The van der Waals surface area contributed by atoms with Crippen molar-refractivity contribution in [2.75, 3.05) is 46.4 Å². The lowest BCUT2D eigenvalue weighted by molar-refractivity contribution is 0.173. The van der Waals surface area contributed by atoms with Crippen molar-refractivity contribution >= 4 is 10.0 Å². The van der Waals surface area contributed by atoms with Crippen molar-refractivity contribution in [3.63, 3.8) is 0 Å². The van der Waals surface area contributed by atoms with Crippen molar-refractivity contribution < 1.29 is 13.2 Å². The Morgan fingerprint density at radius 2 is 2.00 bits per heavy atom. The van der Waals surface area contributed by atoms with Crippen LogP contribution < -0.4 is 0 Å². The fourth-order valence-electron chi connectivity index (χ4n) is 2.77. The molecule has 1 aromatic rings. The Labute approximate surface area is 138 Å². The van der Waals surface area contributed by atoms with Gasteiger partial charge in [-0.25, -0.2) is 8.42 Å². The van der Waals surface area contributed by atoms with Crippen molar-refractivity contribution in [2.45, 2.75) is 17.7 Å². The smallest absolute Gasteiger partial charge is 0.244 e. The van der Waals surface area contributed by atoms with Crippen LogP contribution in [0.2, 0.25) is 0 Å². The van der Waals surface area contributed by atoms with E-state index in [0.717, 1.165) is 25.9 Å². The highest BCUT2D eigenvalue weighted by Crippen LogP contribution is 2.21. The summed E-state index contributed by atoms with van der Waals surface area (Å²) < 4.78 is 32.2. The first kappa shape index (κ1) is 17.9. The summed E-state index contributed by atoms with van der Waals surface area (Å²) in [5, 5.41) is 9.15. The largest absolute Gasteiger partial charge is 0.385 e. The van der Waals surface area contributed by atoms with Gasteiger partial charge in [-0.15, -0.1) is 0 Å². The average molecular weight is 337 g/mol. The molecule has 0 amide bonds. The van der Waals surface area contributed by atoms with E-state index in [4.69, 9.17) is 10.00 Å². The molecule has 1 aliphatic rings. The van der Waals surface area contributed by atoms with Crippen molar-refractivity contribution in [3.8, 4) is 6.07 Å². The van der Waals surface area contributed by atoms with Gasteiger partial charge in [-0.1, -0.05) is 12.1 Å². The van der Waals surface area contributed by atoms with Crippen molar-refractivity contribution in [3.05, 3.63) is 29.8 Å². The molecule has 1 saturated heterocycles. The lowest BCUT2D eigenvalue weighted by Gasteiger charge is -2.22. The maximum atomic E-state index is 12.8. The monoisotopic (exact) mass is 337 g/mol. The normalized spacial score (nSPS) is 17.6. The summed E-state index contributed by atoms with van der Waals surface area (Å²) in [6, 6.07) is 8.36. The first-order valence-corrected chi connectivity index (χ1v) is 9.24. The number of hydrogen-bond donors (Lipinski definition) is 0. The van der Waals surface area contributed by atoms with E-state index in [9.17, 15) is 8.42 Å². The van der Waals surface area contributed by atoms with Crippen molar-refractivity contribution in [1.29, 1.82) is 5.26 Å². The molecule has 0 unspecified atom stereocenters. The molecule has 0 bridgehead atoms. The van der Waals surface area contributed by atoms with Crippen LogP contribution in [0.25, 0.3) is 0 Å².